The standard InChI is InChI=1S/C22H22N2O6/c1-26-14-7-5-12(6-8-14)20-19-15(11-18(25)30-22(19)24-23-20)13-9-16(27-2)21(29-4)17(10-13)28-3/h5-10,15H,11H2,1-4H3,(H,23,24)/t15-/m0/s1. The Morgan fingerprint density at radius 2 is 1.63 bits per heavy atom. The zero-order chi connectivity index (χ0) is 21.3. The molecular weight excluding hydrogens is 388 g/mol. The Bertz CT molecular complexity index is 1050. The van der Waals surface area contributed by atoms with Crippen LogP contribution in [0, 0.1) is 0 Å². The summed E-state index contributed by atoms with van der Waals surface area (Å²) in [6, 6.07) is 11.3. The number of carbonyl (C=O) groups is 1. The fraction of sp³-hybridized carbons (Fsp3) is 0.273. The summed E-state index contributed by atoms with van der Waals surface area (Å²) in [6.45, 7) is 0. The van der Waals surface area contributed by atoms with Gasteiger partial charge in [-0.25, -0.2) is 0 Å². The number of hydrogen-bond acceptors (Lipinski definition) is 7. The van der Waals surface area contributed by atoms with E-state index in [1.54, 1.807) is 28.4 Å². The van der Waals surface area contributed by atoms with Gasteiger partial charge in [0.15, 0.2) is 11.5 Å². The Hall–Kier alpha value is -3.68. The highest BCUT2D eigenvalue weighted by Crippen LogP contribution is 2.47. The summed E-state index contributed by atoms with van der Waals surface area (Å²) >= 11 is 0. The number of nitrogens with zero attached hydrogens (tertiary/aromatic N) is 1. The first-order valence-electron chi connectivity index (χ1n) is 9.32. The van der Waals surface area contributed by atoms with Crippen LogP contribution in [0.25, 0.3) is 11.3 Å². The summed E-state index contributed by atoms with van der Waals surface area (Å²) in [5, 5.41) is 7.25. The number of rotatable bonds is 6. The summed E-state index contributed by atoms with van der Waals surface area (Å²) in [5.74, 6) is 1.89. The van der Waals surface area contributed by atoms with Gasteiger partial charge < -0.3 is 23.7 Å². The largest absolute Gasteiger partial charge is 0.497 e. The van der Waals surface area contributed by atoms with Crippen molar-refractivity contribution < 1.29 is 28.5 Å². The lowest BCUT2D eigenvalue weighted by atomic mass is 9.85. The molecule has 1 atom stereocenters. The fourth-order valence-electron chi connectivity index (χ4n) is 3.72. The van der Waals surface area contributed by atoms with E-state index in [0.29, 0.717) is 17.2 Å². The molecule has 8 nitrogen and oxygen atoms in total. The number of aromatic nitrogens is 2. The molecule has 0 radical (unpaired) electrons. The average molecular weight is 410 g/mol. The van der Waals surface area contributed by atoms with Crippen LogP contribution >= 0.6 is 0 Å². The van der Waals surface area contributed by atoms with Gasteiger partial charge in [-0.1, -0.05) is 0 Å². The van der Waals surface area contributed by atoms with Crippen LogP contribution in [0.15, 0.2) is 36.4 Å². The topological polar surface area (TPSA) is 91.9 Å². The molecule has 4 rings (SSSR count). The summed E-state index contributed by atoms with van der Waals surface area (Å²) < 4.78 is 27.0. The molecule has 0 saturated carbocycles. The van der Waals surface area contributed by atoms with Gasteiger partial charge in [-0.15, -0.1) is 5.10 Å². The molecule has 30 heavy (non-hydrogen) atoms. The van der Waals surface area contributed by atoms with Gasteiger partial charge in [0.2, 0.25) is 11.6 Å². The molecule has 0 spiro atoms. The Kier molecular flexibility index (Phi) is 5.22. The van der Waals surface area contributed by atoms with Crippen LogP contribution in [-0.2, 0) is 4.79 Å². The van der Waals surface area contributed by atoms with Crippen LogP contribution in [0.5, 0.6) is 28.9 Å². The van der Waals surface area contributed by atoms with Gasteiger partial charge in [0.05, 0.1) is 46.1 Å². The van der Waals surface area contributed by atoms with Gasteiger partial charge in [0, 0.05) is 11.5 Å². The third-order valence-corrected chi connectivity index (χ3v) is 5.17. The Balaban J connectivity index is 1.86. The molecule has 3 aromatic rings. The third kappa shape index (κ3) is 3.30. The summed E-state index contributed by atoms with van der Waals surface area (Å²) in [6.07, 6.45) is 0.161. The molecule has 0 unspecified atom stereocenters. The predicted octanol–water partition coefficient (Wildman–Crippen LogP) is 3.55. The minimum absolute atomic E-state index is 0.161. The van der Waals surface area contributed by atoms with Crippen LogP contribution < -0.4 is 23.7 Å². The molecule has 1 aliphatic heterocycles. The number of H-pyrrole nitrogens is 1. The number of nitrogens with one attached hydrogen (secondary N) is 1. The molecule has 0 saturated heterocycles. The van der Waals surface area contributed by atoms with Gasteiger partial charge >= 0.3 is 5.97 Å². The zero-order valence-corrected chi connectivity index (χ0v) is 17.1. The molecule has 2 heterocycles. The quantitative estimate of drug-likeness (QED) is 0.621. The van der Waals surface area contributed by atoms with E-state index >= 15 is 0 Å². The SMILES string of the molecule is COc1ccc(-c2[nH]nc3c2[C@H](c2cc(OC)c(OC)c(OC)c2)CC(=O)O3)cc1. The molecular formula is C22H22N2O6. The van der Waals surface area contributed by atoms with Crippen LogP contribution in [0.2, 0.25) is 0 Å². The summed E-state index contributed by atoms with van der Waals surface area (Å²) in [4.78, 5) is 12.3. The van der Waals surface area contributed by atoms with Gasteiger partial charge in [0.25, 0.3) is 0 Å². The highest BCUT2D eigenvalue weighted by atomic mass is 16.5. The molecule has 0 aliphatic carbocycles. The van der Waals surface area contributed by atoms with Crippen molar-refractivity contribution in [2.75, 3.05) is 28.4 Å². The maximum absolute atomic E-state index is 12.3. The number of fused-ring (bicyclic) bond motifs is 1. The number of hydrogen-bond donors (Lipinski definition) is 1. The van der Waals surface area contributed by atoms with Gasteiger partial charge in [-0.2, -0.15) is 0 Å². The molecule has 0 bridgehead atoms. The highest BCUT2D eigenvalue weighted by molar-refractivity contribution is 5.80. The van der Waals surface area contributed by atoms with Crippen molar-refractivity contribution in [3.63, 3.8) is 0 Å². The smallest absolute Gasteiger partial charge is 0.313 e. The molecule has 8 heteroatoms. The lowest BCUT2D eigenvalue weighted by Gasteiger charge is -2.24. The van der Waals surface area contributed by atoms with Crippen LogP contribution in [-0.4, -0.2) is 44.6 Å². The number of methoxy groups -OCH3 is 4. The highest BCUT2D eigenvalue weighted by Gasteiger charge is 2.35. The molecule has 1 aromatic heterocycles. The first kappa shape index (κ1) is 19.6. The maximum atomic E-state index is 12.3. The minimum atomic E-state index is -0.353. The number of benzene rings is 2. The van der Waals surface area contributed by atoms with Gasteiger partial charge in [-0.05, 0) is 42.0 Å². The van der Waals surface area contributed by atoms with Crippen LogP contribution in [0.1, 0.15) is 23.5 Å². The monoisotopic (exact) mass is 410 g/mol. The number of carbonyl (C=O) groups excluding carboxylic acids is 1. The molecule has 0 amide bonds. The number of aromatic amines is 1. The lowest BCUT2D eigenvalue weighted by molar-refractivity contribution is -0.135. The lowest BCUT2D eigenvalue weighted by Crippen LogP contribution is -2.21. The second-order valence-corrected chi connectivity index (χ2v) is 6.74. The molecule has 0 fully saturated rings. The molecule has 1 N–H and O–H groups in total. The van der Waals surface area contributed by atoms with E-state index in [0.717, 1.165) is 28.1 Å². The van der Waals surface area contributed by atoms with Crippen LogP contribution in [0.3, 0.4) is 0 Å². The molecule has 156 valence electrons. The van der Waals surface area contributed by atoms with Crippen molar-refractivity contribution >= 4 is 5.97 Å². The van der Waals surface area contributed by atoms with Crippen LogP contribution in [0.4, 0.5) is 0 Å². The van der Waals surface area contributed by atoms with E-state index in [1.807, 2.05) is 36.4 Å². The Labute approximate surface area is 173 Å². The van der Waals surface area contributed by atoms with Gasteiger partial charge in [0.1, 0.15) is 5.75 Å². The second kappa shape index (κ2) is 7.98. The first-order chi connectivity index (χ1) is 14.6. The minimum Gasteiger partial charge on any atom is -0.497 e. The molecule has 1 aliphatic rings. The van der Waals surface area contributed by atoms with E-state index in [1.165, 1.54) is 0 Å². The van der Waals surface area contributed by atoms with Gasteiger partial charge in [-0.3, -0.25) is 9.89 Å². The fourth-order valence-corrected chi connectivity index (χ4v) is 3.72. The summed E-state index contributed by atoms with van der Waals surface area (Å²) in [5.41, 5.74) is 3.31. The second-order valence-electron chi connectivity index (χ2n) is 6.74. The van der Waals surface area contributed by atoms with Crippen molar-refractivity contribution in [1.82, 2.24) is 10.2 Å². The zero-order valence-electron chi connectivity index (χ0n) is 17.1. The maximum Gasteiger partial charge on any atom is 0.313 e. The van der Waals surface area contributed by atoms with Crippen molar-refractivity contribution in [3.8, 4) is 40.1 Å². The number of ether oxygens (including phenoxy) is 5. The van der Waals surface area contributed by atoms with E-state index < -0.39 is 0 Å². The van der Waals surface area contributed by atoms with E-state index in [-0.39, 0.29) is 24.2 Å². The van der Waals surface area contributed by atoms with Crippen molar-refractivity contribution in [3.05, 3.63) is 47.5 Å². The van der Waals surface area contributed by atoms with Crippen molar-refractivity contribution in [2.24, 2.45) is 0 Å². The number of esters is 1. The van der Waals surface area contributed by atoms with E-state index in [4.69, 9.17) is 23.7 Å². The normalized spacial score (nSPS) is 15.2. The average Bonchev–Trinajstić information content (AvgIpc) is 3.21. The Morgan fingerprint density at radius 1 is 0.967 bits per heavy atom. The first-order valence-corrected chi connectivity index (χ1v) is 9.32. The third-order valence-electron chi connectivity index (χ3n) is 5.17. The van der Waals surface area contributed by atoms with E-state index in [2.05, 4.69) is 10.2 Å². The Morgan fingerprint density at radius 3 is 2.20 bits per heavy atom. The van der Waals surface area contributed by atoms with Crippen molar-refractivity contribution in [1.29, 1.82) is 0 Å². The predicted molar refractivity (Wildman–Crippen MR) is 109 cm³/mol. The van der Waals surface area contributed by atoms with Crippen molar-refractivity contribution in [2.45, 2.75) is 12.3 Å². The molecule has 2 aromatic carbocycles. The summed E-state index contributed by atoms with van der Waals surface area (Å²) in [7, 11) is 6.28. The van der Waals surface area contributed by atoms with E-state index in [9.17, 15) is 4.79 Å².